The lowest BCUT2D eigenvalue weighted by Gasteiger charge is -2.12. The molecule has 0 fully saturated rings. The SMILES string of the molecule is O=C(CSc1nc2c([nH]c3ccccc32)c(=O)n1-c1ccccc1)Nc1nccs1. The normalized spacial score (nSPS) is 11.2. The van der Waals surface area contributed by atoms with Crippen molar-refractivity contribution < 1.29 is 4.79 Å². The van der Waals surface area contributed by atoms with Crippen LogP contribution in [0.3, 0.4) is 0 Å². The van der Waals surface area contributed by atoms with Crippen molar-refractivity contribution in [1.29, 1.82) is 0 Å². The van der Waals surface area contributed by atoms with Crippen molar-refractivity contribution in [3.05, 3.63) is 76.5 Å². The molecule has 0 saturated heterocycles. The Morgan fingerprint density at radius 1 is 1.13 bits per heavy atom. The first kappa shape index (κ1) is 18.6. The molecule has 30 heavy (non-hydrogen) atoms. The smallest absolute Gasteiger partial charge is 0.283 e. The van der Waals surface area contributed by atoms with Crippen LogP contribution < -0.4 is 10.9 Å². The standard InChI is InChI=1S/C21H15N5O2S2/c27-16(24-20-22-10-11-29-20)12-30-21-25-17-14-8-4-5-9-15(14)23-18(17)19(28)26(21)13-6-2-1-3-7-13/h1-11,23H,12H2,(H,22,24,27). The number of H-pyrrole nitrogens is 1. The van der Waals surface area contributed by atoms with Gasteiger partial charge in [-0.25, -0.2) is 9.97 Å². The number of anilines is 1. The van der Waals surface area contributed by atoms with Crippen molar-refractivity contribution in [2.24, 2.45) is 0 Å². The quantitative estimate of drug-likeness (QED) is 0.322. The summed E-state index contributed by atoms with van der Waals surface area (Å²) < 4.78 is 1.54. The third kappa shape index (κ3) is 3.38. The molecule has 0 aliphatic rings. The Morgan fingerprint density at radius 2 is 1.93 bits per heavy atom. The number of aromatic amines is 1. The first-order chi connectivity index (χ1) is 14.7. The van der Waals surface area contributed by atoms with Gasteiger partial charge in [-0.2, -0.15) is 0 Å². The highest BCUT2D eigenvalue weighted by Gasteiger charge is 2.18. The van der Waals surface area contributed by atoms with E-state index in [2.05, 4.69) is 15.3 Å². The van der Waals surface area contributed by atoms with E-state index in [1.807, 2.05) is 54.6 Å². The highest BCUT2D eigenvalue weighted by molar-refractivity contribution is 7.99. The van der Waals surface area contributed by atoms with Gasteiger partial charge in [-0.3, -0.25) is 14.2 Å². The second-order valence-corrected chi connectivity index (χ2v) is 8.28. The van der Waals surface area contributed by atoms with E-state index in [4.69, 9.17) is 4.98 Å². The average Bonchev–Trinajstić information content (AvgIpc) is 3.41. The molecule has 2 aromatic carbocycles. The van der Waals surface area contributed by atoms with Gasteiger partial charge >= 0.3 is 0 Å². The van der Waals surface area contributed by atoms with Gasteiger partial charge in [-0.15, -0.1) is 11.3 Å². The Balaban J connectivity index is 1.60. The number of amides is 1. The van der Waals surface area contributed by atoms with Gasteiger partial charge in [-0.05, 0) is 18.2 Å². The Labute approximate surface area is 178 Å². The van der Waals surface area contributed by atoms with Gasteiger partial charge in [0.15, 0.2) is 10.3 Å². The number of hydrogen-bond donors (Lipinski definition) is 2. The Morgan fingerprint density at radius 3 is 2.73 bits per heavy atom. The Hall–Kier alpha value is -3.43. The number of benzene rings is 2. The van der Waals surface area contributed by atoms with Crippen molar-refractivity contribution in [3.63, 3.8) is 0 Å². The maximum Gasteiger partial charge on any atom is 0.283 e. The predicted octanol–water partition coefficient (Wildman–Crippen LogP) is 4.05. The van der Waals surface area contributed by atoms with Crippen LogP contribution in [0.4, 0.5) is 5.13 Å². The fourth-order valence-electron chi connectivity index (χ4n) is 3.21. The van der Waals surface area contributed by atoms with Crippen LogP contribution in [0.1, 0.15) is 0 Å². The summed E-state index contributed by atoms with van der Waals surface area (Å²) in [5.74, 6) is -0.102. The third-order valence-corrected chi connectivity index (χ3v) is 6.15. The minimum absolute atomic E-state index is 0.104. The minimum atomic E-state index is -0.206. The highest BCUT2D eigenvalue weighted by atomic mass is 32.2. The number of carbonyl (C=O) groups excluding carboxylic acids is 1. The number of rotatable bonds is 5. The molecule has 5 rings (SSSR count). The monoisotopic (exact) mass is 433 g/mol. The maximum absolute atomic E-state index is 13.4. The average molecular weight is 434 g/mol. The van der Waals surface area contributed by atoms with Crippen LogP contribution in [0.25, 0.3) is 27.6 Å². The molecule has 0 unspecified atom stereocenters. The lowest BCUT2D eigenvalue weighted by molar-refractivity contribution is -0.113. The van der Waals surface area contributed by atoms with Gasteiger partial charge in [0.1, 0.15) is 11.0 Å². The molecule has 0 spiro atoms. The van der Waals surface area contributed by atoms with Gasteiger partial charge in [-0.1, -0.05) is 48.2 Å². The number of carbonyl (C=O) groups is 1. The molecule has 0 bridgehead atoms. The molecule has 9 heteroatoms. The van der Waals surface area contributed by atoms with Crippen LogP contribution in [0.2, 0.25) is 0 Å². The number of hydrogen-bond acceptors (Lipinski definition) is 6. The fraction of sp³-hybridized carbons (Fsp3) is 0.0476. The number of nitrogens with zero attached hydrogens (tertiary/aromatic N) is 3. The number of aromatic nitrogens is 4. The van der Waals surface area contributed by atoms with Gasteiger partial charge in [0.2, 0.25) is 5.91 Å². The molecule has 7 nitrogen and oxygen atoms in total. The minimum Gasteiger partial charge on any atom is -0.349 e. The summed E-state index contributed by atoms with van der Waals surface area (Å²) >= 11 is 2.57. The van der Waals surface area contributed by atoms with Crippen molar-refractivity contribution in [3.8, 4) is 5.69 Å². The van der Waals surface area contributed by atoms with Crippen molar-refractivity contribution in [2.75, 3.05) is 11.1 Å². The van der Waals surface area contributed by atoms with Crippen molar-refractivity contribution in [1.82, 2.24) is 19.5 Å². The number of thiazole rings is 1. The van der Waals surface area contributed by atoms with Gasteiger partial charge in [0, 0.05) is 22.5 Å². The van der Waals surface area contributed by atoms with Crippen LogP contribution in [0.15, 0.2) is 76.1 Å². The molecule has 3 aromatic heterocycles. The summed E-state index contributed by atoms with van der Waals surface area (Å²) in [7, 11) is 0. The summed E-state index contributed by atoms with van der Waals surface area (Å²) in [4.78, 5) is 37.8. The number of para-hydroxylation sites is 2. The topological polar surface area (TPSA) is 92.7 Å². The van der Waals surface area contributed by atoms with E-state index in [9.17, 15) is 9.59 Å². The molecule has 2 N–H and O–H groups in total. The van der Waals surface area contributed by atoms with Gasteiger partial charge in [0.05, 0.1) is 11.4 Å². The van der Waals surface area contributed by atoms with Crippen LogP contribution in [-0.2, 0) is 4.79 Å². The van der Waals surface area contributed by atoms with Crippen molar-refractivity contribution in [2.45, 2.75) is 5.16 Å². The molecule has 0 radical (unpaired) electrons. The second kappa shape index (κ2) is 7.77. The summed E-state index contributed by atoms with van der Waals surface area (Å²) in [5.41, 5.74) is 2.38. The first-order valence-corrected chi connectivity index (χ1v) is 11.0. The molecule has 1 amide bonds. The van der Waals surface area contributed by atoms with Gasteiger partial charge in [0.25, 0.3) is 5.56 Å². The molecule has 0 aliphatic heterocycles. The van der Waals surface area contributed by atoms with E-state index < -0.39 is 0 Å². The Bertz CT molecular complexity index is 1410. The molecule has 0 atom stereocenters. The van der Waals surface area contributed by atoms with E-state index in [1.54, 1.807) is 16.1 Å². The fourth-order valence-corrected chi connectivity index (χ4v) is 4.57. The zero-order valence-electron chi connectivity index (χ0n) is 15.5. The number of nitrogens with one attached hydrogen (secondary N) is 2. The maximum atomic E-state index is 13.4. The van der Waals surface area contributed by atoms with Crippen LogP contribution in [0, 0.1) is 0 Å². The summed E-state index contributed by atoms with van der Waals surface area (Å²) in [6, 6.07) is 17.0. The Kier molecular flexibility index (Phi) is 4.82. The zero-order valence-corrected chi connectivity index (χ0v) is 17.2. The van der Waals surface area contributed by atoms with E-state index in [0.29, 0.717) is 27.0 Å². The molecular weight excluding hydrogens is 418 g/mol. The lowest BCUT2D eigenvalue weighted by Crippen LogP contribution is -2.23. The van der Waals surface area contributed by atoms with Crippen LogP contribution in [-0.4, -0.2) is 31.2 Å². The number of thioether (sulfide) groups is 1. The van der Waals surface area contributed by atoms with Crippen LogP contribution >= 0.6 is 23.1 Å². The summed E-state index contributed by atoms with van der Waals surface area (Å²) in [5, 5.41) is 6.42. The first-order valence-electron chi connectivity index (χ1n) is 9.12. The molecule has 5 aromatic rings. The van der Waals surface area contributed by atoms with Gasteiger partial charge < -0.3 is 10.3 Å². The predicted molar refractivity (Wildman–Crippen MR) is 121 cm³/mol. The second-order valence-electron chi connectivity index (χ2n) is 6.44. The van der Waals surface area contributed by atoms with Crippen LogP contribution in [0.5, 0.6) is 0 Å². The zero-order chi connectivity index (χ0) is 20.5. The number of fused-ring (bicyclic) bond motifs is 3. The summed E-state index contributed by atoms with van der Waals surface area (Å²) in [6.45, 7) is 0. The molecule has 0 aliphatic carbocycles. The summed E-state index contributed by atoms with van der Waals surface area (Å²) in [6.07, 6.45) is 1.63. The molecular formula is C21H15N5O2S2. The van der Waals surface area contributed by atoms with E-state index in [-0.39, 0.29) is 17.2 Å². The lowest BCUT2D eigenvalue weighted by atomic mass is 10.2. The van der Waals surface area contributed by atoms with E-state index >= 15 is 0 Å². The highest BCUT2D eigenvalue weighted by Crippen LogP contribution is 2.26. The molecule has 0 saturated carbocycles. The molecule has 3 heterocycles. The molecule has 148 valence electrons. The third-order valence-electron chi connectivity index (χ3n) is 4.52. The van der Waals surface area contributed by atoms with Crippen molar-refractivity contribution >= 4 is 56.1 Å². The van der Waals surface area contributed by atoms with E-state index in [1.165, 1.54) is 23.1 Å². The largest absolute Gasteiger partial charge is 0.349 e. The van der Waals surface area contributed by atoms with E-state index in [0.717, 1.165) is 10.9 Å².